The number of hydrogen-bond donors (Lipinski definition) is 3. The summed E-state index contributed by atoms with van der Waals surface area (Å²) in [5, 5.41) is 17.2. The van der Waals surface area contributed by atoms with Crippen molar-refractivity contribution in [3.63, 3.8) is 0 Å². The molecule has 0 bridgehead atoms. The second-order valence-corrected chi connectivity index (χ2v) is 5.87. The predicted molar refractivity (Wildman–Crippen MR) is 99.0 cm³/mol. The fraction of sp³-hybridized carbons (Fsp3) is 0.0526. The highest BCUT2D eigenvalue weighted by Crippen LogP contribution is 2.27. The standard InChI is InChI=1S/C19H17N5O/c1-12-10-14(25)7-8-15(12)13-6-9-18-22-19(23-24(18)11-13)21-17-5-3-2-4-16(17)20/h2-11,25H,20H2,1H3,(H,21,23). The van der Waals surface area contributed by atoms with Crippen molar-refractivity contribution in [1.82, 2.24) is 14.6 Å². The third-order valence-electron chi connectivity index (χ3n) is 4.06. The minimum atomic E-state index is 0.259. The molecule has 25 heavy (non-hydrogen) atoms. The van der Waals surface area contributed by atoms with Crippen molar-refractivity contribution in [2.75, 3.05) is 11.1 Å². The van der Waals surface area contributed by atoms with Crippen LogP contribution in [-0.2, 0) is 0 Å². The molecular weight excluding hydrogens is 314 g/mol. The van der Waals surface area contributed by atoms with Crippen molar-refractivity contribution in [3.05, 3.63) is 66.4 Å². The van der Waals surface area contributed by atoms with E-state index in [1.807, 2.05) is 55.6 Å². The van der Waals surface area contributed by atoms with E-state index in [1.165, 1.54) is 0 Å². The zero-order chi connectivity index (χ0) is 17.4. The van der Waals surface area contributed by atoms with E-state index in [0.717, 1.165) is 28.0 Å². The van der Waals surface area contributed by atoms with Gasteiger partial charge in [0.2, 0.25) is 5.95 Å². The molecule has 0 aliphatic rings. The fourth-order valence-electron chi connectivity index (χ4n) is 2.80. The number of fused-ring (bicyclic) bond motifs is 1. The number of benzene rings is 2. The SMILES string of the molecule is Cc1cc(O)ccc1-c1ccc2nc(Nc3ccccc3N)nn2c1. The lowest BCUT2D eigenvalue weighted by atomic mass is 10.0. The van der Waals surface area contributed by atoms with Crippen molar-refractivity contribution in [2.24, 2.45) is 0 Å². The molecule has 0 aliphatic carbocycles. The zero-order valence-corrected chi connectivity index (χ0v) is 13.6. The van der Waals surface area contributed by atoms with Crippen molar-refractivity contribution in [2.45, 2.75) is 6.92 Å². The highest BCUT2D eigenvalue weighted by Gasteiger charge is 2.08. The summed E-state index contributed by atoms with van der Waals surface area (Å²) >= 11 is 0. The Balaban J connectivity index is 1.71. The van der Waals surface area contributed by atoms with Crippen LogP contribution >= 0.6 is 0 Å². The van der Waals surface area contributed by atoms with E-state index < -0.39 is 0 Å². The van der Waals surface area contributed by atoms with Gasteiger partial charge in [-0.1, -0.05) is 18.2 Å². The Hall–Kier alpha value is -3.54. The number of anilines is 3. The number of pyridine rings is 1. The first kappa shape index (κ1) is 15.0. The van der Waals surface area contributed by atoms with Crippen LogP contribution < -0.4 is 11.1 Å². The van der Waals surface area contributed by atoms with Crippen LogP contribution in [0.2, 0.25) is 0 Å². The maximum absolute atomic E-state index is 9.58. The molecule has 0 atom stereocenters. The number of aryl methyl sites for hydroxylation is 1. The van der Waals surface area contributed by atoms with Gasteiger partial charge in [-0.3, -0.25) is 0 Å². The van der Waals surface area contributed by atoms with Gasteiger partial charge in [0.05, 0.1) is 11.4 Å². The Morgan fingerprint density at radius 3 is 2.72 bits per heavy atom. The molecule has 4 aromatic rings. The lowest BCUT2D eigenvalue weighted by Crippen LogP contribution is -1.97. The van der Waals surface area contributed by atoms with Crippen LogP contribution in [-0.4, -0.2) is 19.7 Å². The molecule has 4 rings (SSSR count). The molecule has 124 valence electrons. The number of nitrogens with zero attached hydrogens (tertiary/aromatic N) is 3. The van der Waals surface area contributed by atoms with E-state index in [2.05, 4.69) is 15.4 Å². The number of phenolic OH excluding ortho intramolecular Hbond substituents is 1. The van der Waals surface area contributed by atoms with Gasteiger partial charge < -0.3 is 16.2 Å². The molecule has 0 fully saturated rings. The van der Waals surface area contributed by atoms with E-state index in [-0.39, 0.29) is 5.75 Å². The van der Waals surface area contributed by atoms with Gasteiger partial charge in [0.15, 0.2) is 5.65 Å². The van der Waals surface area contributed by atoms with E-state index in [1.54, 1.807) is 16.6 Å². The van der Waals surface area contributed by atoms with Gasteiger partial charge in [-0.15, -0.1) is 5.10 Å². The maximum Gasteiger partial charge on any atom is 0.247 e. The van der Waals surface area contributed by atoms with Crippen molar-refractivity contribution >= 4 is 23.0 Å². The number of rotatable bonds is 3. The fourth-order valence-corrected chi connectivity index (χ4v) is 2.80. The molecule has 2 aromatic heterocycles. The van der Waals surface area contributed by atoms with Gasteiger partial charge in [-0.2, -0.15) is 4.98 Å². The molecule has 0 aliphatic heterocycles. The number of para-hydroxylation sites is 2. The highest BCUT2D eigenvalue weighted by molar-refractivity contribution is 5.71. The van der Waals surface area contributed by atoms with Crippen LogP contribution in [0.4, 0.5) is 17.3 Å². The van der Waals surface area contributed by atoms with Gasteiger partial charge in [-0.25, -0.2) is 4.52 Å². The molecule has 2 aromatic carbocycles. The van der Waals surface area contributed by atoms with Crippen LogP contribution in [0.3, 0.4) is 0 Å². The predicted octanol–water partition coefficient (Wildman–Crippen LogP) is 3.74. The van der Waals surface area contributed by atoms with Crippen LogP contribution in [0.15, 0.2) is 60.8 Å². The number of aromatic hydroxyl groups is 1. The quantitative estimate of drug-likeness (QED) is 0.498. The Kier molecular flexibility index (Phi) is 3.50. The molecule has 0 saturated carbocycles. The molecule has 0 spiro atoms. The Labute approximate surface area is 144 Å². The first-order valence-corrected chi connectivity index (χ1v) is 7.88. The summed E-state index contributed by atoms with van der Waals surface area (Å²) in [5.74, 6) is 0.743. The summed E-state index contributed by atoms with van der Waals surface area (Å²) in [6.07, 6.45) is 1.92. The number of nitrogens with one attached hydrogen (secondary N) is 1. The molecule has 0 saturated heterocycles. The molecular formula is C19H17N5O. The number of phenols is 1. The van der Waals surface area contributed by atoms with Crippen molar-refractivity contribution in [1.29, 1.82) is 0 Å². The molecule has 0 amide bonds. The average molecular weight is 331 g/mol. The Morgan fingerprint density at radius 1 is 1.08 bits per heavy atom. The normalized spacial score (nSPS) is 10.9. The smallest absolute Gasteiger partial charge is 0.247 e. The number of nitrogens with two attached hydrogens (primary N) is 1. The number of nitrogen functional groups attached to an aromatic ring is 1. The number of hydrogen-bond acceptors (Lipinski definition) is 5. The third kappa shape index (κ3) is 2.85. The lowest BCUT2D eigenvalue weighted by molar-refractivity contribution is 0.475. The zero-order valence-electron chi connectivity index (χ0n) is 13.6. The molecule has 0 unspecified atom stereocenters. The summed E-state index contributed by atoms with van der Waals surface area (Å²) in [4.78, 5) is 4.47. The first-order chi connectivity index (χ1) is 12.1. The van der Waals surface area contributed by atoms with Gasteiger partial charge in [-0.05, 0) is 54.4 Å². The summed E-state index contributed by atoms with van der Waals surface area (Å²) in [6.45, 7) is 1.96. The lowest BCUT2D eigenvalue weighted by Gasteiger charge is -2.06. The van der Waals surface area contributed by atoms with E-state index >= 15 is 0 Å². The topological polar surface area (TPSA) is 88.5 Å². The van der Waals surface area contributed by atoms with Crippen molar-refractivity contribution < 1.29 is 5.11 Å². The Bertz CT molecular complexity index is 1070. The second-order valence-electron chi connectivity index (χ2n) is 5.87. The average Bonchev–Trinajstić information content (AvgIpc) is 2.98. The molecule has 6 heteroatoms. The summed E-state index contributed by atoms with van der Waals surface area (Å²) in [7, 11) is 0. The van der Waals surface area contributed by atoms with Gasteiger partial charge >= 0.3 is 0 Å². The minimum absolute atomic E-state index is 0.259. The monoisotopic (exact) mass is 331 g/mol. The van der Waals surface area contributed by atoms with Gasteiger partial charge in [0, 0.05) is 11.8 Å². The molecule has 6 nitrogen and oxygen atoms in total. The molecule has 0 radical (unpaired) electrons. The third-order valence-corrected chi connectivity index (χ3v) is 4.06. The number of aromatic nitrogens is 3. The van der Waals surface area contributed by atoms with Crippen molar-refractivity contribution in [3.8, 4) is 16.9 Å². The van der Waals surface area contributed by atoms with Gasteiger partial charge in [0.1, 0.15) is 5.75 Å². The van der Waals surface area contributed by atoms with Crippen LogP contribution in [0, 0.1) is 6.92 Å². The van der Waals surface area contributed by atoms with Gasteiger partial charge in [0.25, 0.3) is 0 Å². The first-order valence-electron chi connectivity index (χ1n) is 7.88. The Morgan fingerprint density at radius 2 is 1.92 bits per heavy atom. The summed E-state index contributed by atoms with van der Waals surface area (Å²) < 4.78 is 1.73. The summed E-state index contributed by atoms with van der Waals surface area (Å²) in [5.41, 5.74) is 11.1. The molecule has 2 heterocycles. The molecule has 4 N–H and O–H groups in total. The van der Waals surface area contributed by atoms with Crippen LogP contribution in [0.5, 0.6) is 5.75 Å². The second kappa shape index (κ2) is 5.83. The van der Waals surface area contributed by atoms with Crippen LogP contribution in [0.1, 0.15) is 5.56 Å². The summed E-state index contributed by atoms with van der Waals surface area (Å²) in [6, 6.07) is 16.7. The highest BCUT2D eigenvalue weighted by atomic mass is 16.3. The van der Waals surface area contributed by atoms with Crippen LogP contribution in [0.25, 0.3) is 16.8 Å². The maximum atomic E-state index is 9.58. The van der Waals surface area contributed by atoms with E-state index in [9.17, 15) is 5.11 Å². The minimum Gasteiger partial charge on any atom is -0.508 e. The van der Waals surface area contributed by atoms with E-state index in [0.29, 0.717) is 11.6 Å². The van der Waals surface area contributed by atoms with E-state index in [4.69, 9.17) is 5.73 Å². The largest absolute Gasteiger partial charge is 0.508 e.